The third-order valence-electron chi connectivity index (χ3n) is 1.59. The summed E-state index contributed by atoms with van der Waals surface area (Å²) in [5.41, 5.74) is 5.80. The van der Waals surface area contributed by atoms with Gasteiger partial charge in [-0.05, 0) is 18.2 Å². The summed E-state index contributed by atoms with van der Waals surface area (Å²) in [7, 11) is 0. The van der Waals surface area contributed by atoms with E-state index in [-0.39, 0.29) is 11.3 Å². The van der Waals surface area contributed by atoms with Gasteiger partial charge in [-0.1, -0.05) is 6.92 Å². The Morgan fingerprint density at radius 1 is 1.71 bits per heavy atom. The van der Waals surface area contributed by atoms with Crippen LogP contribution in [0, 0.1) is 0 Å². The van der Waals surface area contributed by atoms with Crippen molar-refractivity contribution in [3.8, 4) is 0 Å². The highest BCUT2D eigenvalue weighted by atomic mass is 32.2. The number of thioether (sulfide) groups is 1. The largest absolute Gasteiger partial charge is 0.478 e. The number of hydrogen-bond donors (Lipinski definition) is 2. The third-order valence-corrected chi connectivity index (χ3v) is 2.73. The predicted molar refractivity (Wildman–Crippen MR) is 56.6 cm³/mol. The van der Waals surface area contributed by atoms with Crippen molar-refractivity contribution in [3.63, 3.8) is 0 Å². The average molecular weight is 212 g/mol. The fourth-order valence-electron chi connectivity index (χ4n) is 0.918. The number of carboxylic acids is 1. The molecule has 1 heterocycles. The molecule has 0 aromatic carbocycles. The van der Waals surface area contributed by atoms with E-state index in [0.29, 0.717) is 5.03 Å². The third kappa shape index (κ3) is 2.63. The zero-order valence-corrected chi connectivity index (χ0v) is 8.67. The molecule has 0 radical (unpaired) electrons. The topological polar surface area (TPSA) is 76.2 Å². The number of nitrogens with zero attached hydrogens (tertiary/aromatic N) is 1. The molecule has 0 aliphatic heterocycles. The number of anilines is 1. The second-order valence-corrected chi connectivity index (χ2v) is 3.88. The minimum absolute atomic E-state index is 0.124. The Labute approximate surface area is 86.5 Å². The van der Waals surface area contributed by atoms with Crippen LogP contribution in [0.2, 0.25) is 0 Å². The van der Waals surface area contributed by atoms with Crippen molar-refractivity contribution >= 4 is 23.4 Å². The van der Waals surface area contributed by atoms with Gasteiger partial charge >= 0.3 is 5.97 Å². The Bertz CT molecular complexity index is 342. The van der Waals surface area contributed by atoms with E-state index in [9.17, 15) is 4.79 Å². The summed E-state index contributed by atoms with van der Waals surface area (Å²) in [6.45, 7) is 2.06. The number of pyridine rings is 1. The van der Waals surface area contributed by atoms with Gasteiger partial charge in [0.25, 0.3) is 0 Å². The molecule has 76 valence electrons. The average Bonchev–Trinajstić information content (AvgIpc) is 2.16. The molecule has 0 aliphatic carbocycles. The van der Waals surface area contributed by atoms with Crippen LogP contribution in [0.15, 0.2) is 17.3 Å². The van der Waals surface area contributed by atoms with Crippen LogP contribution in [-0.4, -0.2) is 21.8 Å². The fourth-order valence-corrected chi connectivity index (χ4v) is 1.66. The molecule has 1 aromatic heterocycles. The van der Waals surface area contributed by atoms with Gasteiger partial charge in [0.1, 0.15) is 0 Å². The first-order chi connectivity index (χ1) is 6.65. The number of carbonyl (C=O) groups is 1. The van der Waals surface area contributed by atoms with Crippen LogP contribution in [0.5, 0.6) is 0 Å². The number of rotatable bonds is 4. The smallest absolute Gasteiger partial charge is 0.337 e. The first-order valence-corrected chi connectivity index (χ1v) is 5.25. The Morgan fingerprint density at radius 3 is 3.00 bits per heavy atom. The van der Waals surface area contributed by atoms with Crippen molar-refractivity contribution in [2.45, 2.75) is 18.4 Å². The second-order valence-electron chi connectivity index (χ2n) is 2.76. The molecule has 5 heteroatoms. The quantitative estimate of drug-likeness (QED) is 0.745. The van der Waals surface area contributed by atoms with Crippen LogP contribution in [-0.2, 0) is 0 Å². The van der Waals surface area contributed by atoms with E-state index in [0.717, 1.165) is 12.2 Å². The fraction of sp³-hybridized carbons (Fsp3) is 0.333. The van der Waals surface area contributed by atoms with Crippen molar-refractivity contribution in [2.75, 3.05) is 11.5 Å². The molecule has 0 unspecified atom stereocenters. The zero-order chi connectivity index (χ0) is 10.6. The van der Waals surface area contributed by atoms with Gasteiger partial charge in [-0.25, -0.2) is 9.78 Å². The maximum atomic E-state index is 10.7. The van der Waals surface area contributed by atoms with Gasteiger partial charge in [0.05, 0.1) is 22.5 Å². The molecule has 3 N–H and O–H groups in total. The summed E-state index contributed by atoms with van der Waals surface area (Å²) >= 11 is 1.53. The van der Waals surface area contributed by atoms with Crippen LogP contribution in [0.3, 0.4) is 0 Å². The van der Waals surface area contributed by atoms with Crippen LogP contribution in [0.1, 0.15) is 23.7 Å². The minimum Gasteiger partial charge on any atom is -0.478 e. The first-order valence-electron chi connectivity index (χ1n) is 4.26. The van der Waals surface area contributed by atoms with Gasteiger partial charge in [0.2, 0.25) is 0 Å². The molecule has 1 rings (SSSR count). The Balaban J connectivity index is 2.89. The van der Waals surface area contributed by atoms with E-state index in [1.54, 1.807) is 0 Å². The van der Waals surface area contributed by atoms with E-state index in [2.05, 4.69) is 11.9 Å². The molecular weight excluding hydrogens is 200 g/mol. The van der Waals surface area contributed by atoms with Gasteiger partial charge in [-0.2, -0.15) is 0 Å². The van der Waals surface area contributed by atoms with Gasteiger partial charge in [0, 0.05) is 0 Å². The molecule has 0 fully saturated rings. The lowest BCUT2D eigenvalue weighted by molar-refractivity contribution is 0.0697. The first kappa shape index (κ1) is 10.8. The summed E-state index contributed by atoms with van der Waals surface area (Å²) in [5.74, 6) is -0.0843. The lowest BCUT2D eigenvalue weighted by Gasteiger charge is -2.03. The van der Waals surface area contributed by atoms with Gasteiger partial charge < -0.3 is 10.8 Å². The van der Waals surface area contributed by atoms with Crippen LogP contribution in [0.25, 0.3) is 0 Å². The van der Waals surface area contributed by atoms with Crippen molar-refractivity contribution in [3.05, 3.63) is 17.8 Å². The lowest BCUT2D eigenvalue weighted by Crippen LogP contribution is -2.03. The molecule has 0 bridgehead atoms. The summed E-state index contributed by atoms with van der Waals surface area (Å²) in [4.78, 5) is 14.8. The van der Waals surface area contributed by atoms with Crippen molar-refractivity contribution in [2.24, 2.45) is 0 Å². The monoisotopic (exact) mass is 212 g/mol. The van der Waals surface area contributed by atoms with Crippen LogP contribution >= 0.6 is 11.8 Å². The molecule has 0 atom stereocenters. The maximum Gasteiger partial charge on any atom is 0.337 e. The van der Waals surface area contributed by atoms with Crippen LogP contribution < -0.4 is 5.73 Å². The van der Waals surface area contributed by atoms with Crippen molar-refractivity contribution in [1.29, 1.82) is 0 Å². The normalized spacial score (nSPS) is 10.1. The lowest BCUT2D eigenvalue weighted by atomic mass is 10.2. The molecule has 0 saturated carbocycles. The van der Waals surface area contributed by atoms with Gasteiger partial charge in [-0.15, -0.1) is 11.8 Å². The number of aromatic carboxylic acids is 1. The maximum absolute atomic E-state index is 10.7. The standard InChI is InChI=1S/C9H12N2O2S/c1-2-3-14-8-4-6(9(12)13)7(10)5-11-8/h4-5H,2-3,10H2,1H3,(H,12,13). The molecular formula is C9H12N2O2S. The van der Waals surface area contributed by atoms with Crippen molar-refractivity contribution < 1.29 is 9.90 Å². The molecule has 4 nitrogen and oxygen atoms in total. The van der Waals surface area contributed by atoms with E-state index < -0.39 is 5.97 Å². The van der Waals surface area contributed by atoms with Crippen molar-refractivity contribution in [1.82, 2.24) is 4.98 Å². The molecule has 0 spiro atoms. The molecule has 14 heavy (non-hydrogen) atoms. The molecule has 1 aromatic rings. The Kier molecular flexibility index (Phi) is 3.76. The number of hydrogen-bond acceptors (Lipinski definition) is 4. The summed E-state index contributed by atoms with van der Waals surface area (Å²) in [5, 5.41) is 9.51. The second kappa shape index (κ2) is 4.85. The molecule has 0 saturated heterocycles. The predicted octanol–water partition coefficient (Wildman–Crippen LogP) is 1.86. The number of aromatic nitrogens is 1. The summed E-state index contributed by atoms with van der Waals surface area (Å²) < 4.78 is 0. The Hall–Kier alpha value is -1.23. The zero-order valence-electron chi connectivity index (χ0n) is 7.86. The summed E-state index contributed by atoms with van der Waals surface area (Å²) in [6, 6.07) is 1.51. The number of nitrogen functional groups attached to an aromatic ring is 1. The highest BCUT2D eigenvalue weighted by molar-refractivity contribution is 7.99. The number of nitrogens with two attached hydrogens (primary N) is 1. The molecule has 0 aliphatic rings. The SMILES string of the molecule is CCCSc1cc(C(=O)O)c(N)cn1. The van der Waals surface area contributed by atoms with E-state index >= 15 is 0 Å². The van der Waals surface area contributed by atoms with E-state index in [1.807, 2.05) is 0 Å². The number of carboxylic acid groups (broad SMARTS) is 1. The highest BCUT2D eigenvalue weighted by Crippen LogP contribution is 2.20. The Morgan fingerprint density at radius 2 is 2.43 bits per heavy atom. The molecule has 0 amide bonds. The van der Waals surface area contributed by atoms with Gasteiger partial charge in [-0.3, -0.25) is 0 Å². The van der Waals surface area contributed by atoms with Gasteiger partial charge in [0.15, 0.2) is 0 Å². The van der Waals surface area contributed by atoms with Crippen LogP contribution in [0.4, 0.5) is 5.69 Å². The summed E-state index contributed by atoms with van der Waals surface area (Å²) in [6.07, 6.45) is 2.42. The van der Waals surface area contributed by atoms with E-state index in [4.69, 9.17) is 10.8 Å². The highest BCUT2D eigenvalue weighted by Gasteiger charge is 2.09. The minimum atomic E-state index is -1.01. The van der Waals surface area contributed by atoms with E-state index in [1.165, 1.54) is 24.0 Å².